The van der Waals surface area contributed by atoms with E-state index in [1.807, 2.05) is 0 Å². The van der Waals surface area contributed by atoms with Gasteiger partial charge in [-0.1, -0.05) is 41.6 Å². The molecule has 0 aliphatic heterocycles. The van der Waals surface area contributed by atoms with E-state index in [9.17, 15) is 9.59 Å². The van der Waals surface area contributed by atoms with Gasteiger partial charge in [-0.3, -0.25) is 9.59 Å². The fraction of sp³-hybridized carbons (Fsp3) is 0.833. The summed E-state index contributed by atoms with van der Waals surface area (Å²) in [6, 6.07) is 0. The third kappa shape index (κ3) is 11.7. The van der Waals surface area contributed by atoms with E-state index in [1.165, 1.54) is 6.92 Å². The van der Waals surface area contributed by atoms with Crippen molar-refractivity contribution in [3.8, 4) is 0 Å². The summed E-state index contributed by atoms with van der Waals surface area (Å²) < 4.78 is 4.83. The number of unbranched alkanes of at least 4 members (excludes halogenated alkanes) is 5. The van der Waals surface area contributed by atoms with E-state index in [4.69, 9.17) is 4.74 Å². The largest absolute Gasteiger partial charge is 0.466 e. The molecular weight excluding hydrogens is 272 g/mol. The molecule has 0 unspecified atom stereocenters. The molecule has 0 aromatic carbocycles. The van der Waals surface area contributed by atoms with E-state index in [1.54, 1.807) is 0 Å². The number of Topliss-reactive ketones (excluding diaryl/α,β-unsaturated/α-hetero) is 1. The van der Waals surface area contributed by atoms with Crippen LogP contribution in [0.4, 0.5) is 0 Å². The van der Waals surface area contributed by atoms with Gasteiger partial charge in [0.05, 0.1) is 11.9 Å². The fourth-order valence-electron chi connectivity index (χ4n) is 1.41. The van der Waals surface area contributed by atoms with Crippen LogP contribution in [0.15, 0.2) is 0 Å². The molecule has 0 fully saturated rings. The molecule has 94 valence electrons. The van der Waals surface area contributed by atoms with Crippen LogP contribution in [0.3, 0.4) is 0 Å². The monoisotopic (exact) mass is 292 g/mol. The Balaban J connectivity index is 3.04. The molecule has 0 atom stereocenters. The minimum Gasteiger partial charge on any atom is -0.466 e. The molecule has 0 aliphatic rings. The van der Waals surface area contributed by atoms with Gasteiger partial charge in [-0.15, -0.1) is 0 Å². The van der Waals surface area contributed by atoms with Crippen LogP contribution in [0.1, 0.15) is 51.9 Å². The summed E-state index contributed by atoms with van der Waals surface area (Å²) in [5, 5.41) is 0.482. The highest BCUT2D eigenvalue weighted by Crippen LogP contribution is 2.08. The number of halogens is 1. The maximum atomic E-state index is 11.0. The van der Waals surface area contributed by atoms with Crippen molar-refractivity contribution in [1.82, 2.24) is 0 Å². The number of esters is 1. The van der Waals surface area contributed by atoms with E-state index >= 15 is 0 Å². The summed E-state index contributed by atoms with van der Waals surface area (Å²) >= 11 is 3.15. The molecule has 0 rings (SSSR count). The van der Waals surface area contributed by atoms with Gasteiger partial charge in [0.15, 0.2) is 0 Å². The summed E-state index contributed by atoms with van der Waals surface area (Å²) in [4.78, 5) is 21.4. The average molecular weight is 293 g/mol. The second kappa shape index (κ2) is 11.1. The fourth-order valence-corrected chi connectivity index (χ4v) is 1.69. The van der Waals surface area contributed by atoms with E-state index in [2.05, 4.69) is 15.9 Å². The summed E-state index contributed by atoms with van der Waals surface area (Å²) in [7, 11) is 0. The predicted octanol–water partition coefficient (Wildman–Crippen LogP) is 3.24. The molecule has 0 radical (unpaired) electrons. The second-order valence-corrected chi connectivity index (χ2v) is 4.44. The van der Waals surface area contributed by atoms with E-state index in [-0.39, 0.29) is 11.8 Å². The van der Waals surface area contributed by atoms with E-state index in [0.29, 0.717) is 18.4 Å². The topological polar surface area (TPSA) is 43.4 Å². The van der Waals surface area contributed by atoms with Gasteiger partial charge < -0.3 is 4.74 Å². The molecule has 0 aromatic rings. The first-order valence-electron chi connectivity index (χ1n) is 5.88. The first-order chi connectivity index (χ1) is 7.66. The van der Waals surface area contributed by atoms with Gasteiger partial charge in [0.2, 0.25) is 0 Å². The van der Waals surface area contributed by atoms with Crippen LogP contribution in [-0.2, 0) is 14.3 Å². The standard InChI is InChI=1S/C12H21BrO3/c1-11(14)16-9-7-5-3-2-4-6-8-12(15)10-13/h2-10H2,1H3. The average Bonchev–Trinajstić information content (AvgIpc) is 2.26. The quantitative estimate of drug-likeness (QED) is 0.353. The molecule has 0 saturated carbocycles. The molecule has 0 heterocycles. The molecule has 4 heteroatoms. The maximum Gasteiger partial charge on any atom is 0.302 e. The zero-order valence-corrected chi connectivity index (χ0v) is 11.6. The van der Waals surface area contributed by atoms with Crippen molar-refractivity contribution in [3.05, 3.63) is 0 Å². The zero-order chi connectivity index (χ0) is 12.2. The Morgan fingerprint density at radius 1 is 1.00 bits per heavy atom. The molecule has 0 aromatic heterocycles. The lowest BCUT2D eigenvalue weighted by Gasteiger charge is -2.02. The summed E-state index contributed by atoms with van der Waals surface area (Å²) in [6.07, 6.45) is 7.17. The van der Waals surface area contributed by atoms with Gasteiger partial charge in [-0.2, -0.15) is 0 Å². The van der Waals surface area contributed by atoms with E-state index in [0.717, 1.165) is 38.5 Å². The lowest BCUT2D eigenvalue weighted by atomic mass is 10.1. The van der Waals surface area contributed by atoms with Crippen LogP contribution < -0.4 is 0 Å². The van der Waals surface area contributed by atoms with Gasteiger partial charge in [-0.05, 0) is 12.8 Å². The highest BCUT2D eigenvalue weighted by molar-refractivity contribution is 9.09. The van der Waals surface area contributed by atoms with Crippen LogP contribution >= 0.6 is 15.9 Å². The van der Waals surface area contributed by atoms with Crippen molar-refractivity contribution in [2.75, 3.05) is 11.9 Å². The highest BCUT2D eigenvalue weighted by Gasteiger charge is 1.98. The molecule has 0 amide bonds. The Kier molecular flexibility index (Phi) is 10.9. The Bertz CT molecular complexity index is 204. The molecule has 3 nitrogen and oxygen atoms in total. The van der Waals surface area contributed by atoms with Gasteiger partial charge in [-0.25, -0.2) is 0 Å². The summed E-state index contributed by atoms with van der Waals surface area (Å²) in [6.45, 7) is 1.97. The third-order valence-corrected chi connectivity index (χ3v) is 2.93. The number of carbonyl (C=O) groups is 2. The molecule has 16 heavy (non-hydrogen) atoms. The molecule has 0 N–H and O–H groups in total. The van der Waals surface area contributed by atoms with Crippen LogP contribution in [0.25, 0.3) is 0 Å². The maximum absolute atomic E-state index is 11.0. The van der Waals surface area contributed by atoms with Gasteiger partial charge in [0.25, 0.3) is 0 Å². The van der Waals surface area contributed by atoms with Crippen LogP contribution in [0.2, 0.25) is 0 Å². The smallest absolute Gasteiger partial charge is 0.302 e. The molecule has 0 bridgehead atoms. The van der Waals surface area contributed by atoms with Gasteiger partial charge in [0, 0.05) is 13.3 Å². The second-order valence-electron chi connectivity index (χ2n) is 3.88. The van der Waals surface area contributed by atoms with Gasteiger partial charge in [0.1, 0.15) is 5.78 Å². The first kappa shape index (κ1) is 15.6. The van der Waals surface area contributed by atoms with Crippen molar-refractivity contribution in [2.45, 2.75) is 51.9 Å². The number of rotatable bonds is 10. The van der Waals surface area contributed by atoms with Gasteiger partial charge >= 0.3 is 5.97 Å². The van der Waals surface area contributed by atoms with Crippen molar-refractivity contribution >= 4 is 27.7 Å². The molecule has 0 spiro atoms. The lowest BCUT2D eigenvalue weighted by Crippen LogP contribution is -2.00. The number of hydrogen-bond donors (Lipinski definition) is 0. The van der Waals surface area contributed by atoms with Crippen LogP contribution in [0.5, 0.6) is 0 Å². The first-order valence-corrected chi connectivity index (χ1v) is 7.00. The van der Waals surface area contributed by atoms with Crippen molar-refractivity contribution in [2.24, 2.45) is 0 Å². The number of carbonyl (C=O) groups excluding carboxylic acids is 2. The highest BCUT2D eigenvalue weighted by atomic mass is 79.9. The Labute approximate surface area is 106 Å². The van der Waals surface area contributed by atoms with E-state index < -0.39 is 0 Å². The Morgan fingerprint density at radius 2 is 1.56 bits per heavy atom. The van der Waals surface area contributed by atoms with Crippen molar-refractivity contribution in [1.29, 1.82) is 0 Å². The van der Waals surface area contributed by atoms with Crippen LogP contribution in [0, 0.1) is 0 Å². The van der Waals surface area contributed by atoms with Crippen molar-refractivity contribution < 1.29 is 14.3 Å². The normalized spacial score (nSPS) is 10.1. The SMILES string of the molecule is CC(=O)OCCCCCCCCC(=O)CBr. The molecular formula is C12H21BrO3. The lowest BCUT2D eigenvalue weighted by molar-refractivity contribution is -0.141. The molecule has 0 aliphatic carbocycles. The Hall–Kier alpha value is -0.380. The number of ketones is 1. The predicted molar refractivity (Wildman–Crippen MR) is 67.8 cm³/mol. The number of hydrogen-bond acceptors (Lipinski definition) is 3. The minimum absolute atomic E-state index is 0.201. The minimum atomic E-state index is -0.201. The van der Waals surface area contributed by atoms with Crippen LogP contribution in [-0.4, -0.2) is 23.7 Å². The number of ether oxygens (including phenoxy) is 1. The third-order valence-electron chi connectivity index (χ3n) is 2.30. The Morgan fingerprint density at radius 3 is 2.12 bits per heavy atom. The summed E-state index contributed by atoms with van der Waals surface area (Å²) in [5.41, 5.74) is 0. The van der Waals surface area contributed by atoms with Crippen molar-refractivity contribution in [3.63, 3.8) is 0 Å². The zero-order valence-electron chi connectivity index (χ0n) is 9.97. The summed E-state index contributed by atoms with van der Waals surface area (Å²) in [5.74, 6) is 0.0862. The number of alkyl halides is 1. The molecule has 0 saturated heterocycles.